The van der Waals surface area contributed by atoms with Crippen LogP contribution >= 0.6 is 11.3 Å². The molecule has 0 spiro atoms. The van der Waals surface area contributed by atoms with E-state index in [0.717, 1.165) is 5.69 Å². The predicted molar refractivity (Wildman–Crippen MR) is 61.0 cm³/mol. The first kappa shape index (κ1) is 10.3. The molecular weight excluding hydrogens is 208 g/mol. The van der Waals surface area contributed by atoms with Crippen LogP contribution in [0, 0.1) is 6.92 Å². The zero-order valence-corrected chi connectivity index (χ0v) is 9.88. The van der Waals surface area contributed by atoms with Gasteiger partial charge in [-0.3, -0.25) is 4.68 Å². The van der Waals surface area contributed by atoms with Crippen molar-refractivity contribution in [2.24, 2.45) is 7.05 Å². The minimum Gasteiger partial charge on any atom is -0.308 e. The molecule has 0 aromatic carbocycles. The molecule has 2 heterocycles. The second kappa shape index (κ2) is 4.12. The fourth-order valence-corrected chi connectivity index (χ4v) is 2.56. The molecule has 0 radical (unpaired) electrons. The summed E-state index contributed by atoms with van der Waals surface area (Å²) in [7, 11) is 3.86. The van der Waals surface area contributed by atoms with Crippen molar-refractivity contribution in [3.05, 3.63) is 33.8 Å². The second-order valence-corrected chi connectivity index (χ2v) is 4.26. The number of rotatable bonds is 3. The lowest BCUT2D eigenvalue weighted by molar-refractivity contribution is 0.597. The molecule has 5 heteroatoms. The second-order valence-electron chi connectivity index (χ2n) is 3.51. The highest BCUT2D eigenvalue weighted by molar-refractivity contribution is 7.08. The van der Waals surface area contributed by atoms with E-state index >= 15 is 0 Å². The number of nitrogens with one attached hydrogen (secondary N) is 1. The molecule has 0 saturated heterocycles. The fraction of sp³-hybridized carbons (Fsp3) is 0.400. The van der Waals surface area contributed by atoms with Crippen molar-refractivity contribution in [3.8, 4) is 0 Å². The standard InChI is InChI=1S/C10H14N4S/c1-7-5-15-6-8(7)10(11-2)9-4-12-13-14(9)3/h4-6,10-11H,1-3H3. The Kier molecular flexibility index (Phi) is 2.83. The van der Waals surface area contributed by atoms with Gasteiger partial charge in [0, 0.05) is 7.05 Å². The van der Waals surface area contributed by atoms with Gasteiger partial charge >= 0.3 is 0 Å². The summed E-state index contributed by atoms with van der Waals surface area (Å²) in [4.78, 5) is 0. The van der Waals surface area contributed by atoms with Gasteiger partial charge in [-0.2, -0.15) is 11.3 Å². The average Bonchev–Trinajstić information content (AvgIpc) is 2.80. The zero-order valence-electron chi connectivity index (χ0n) is 9.06. The van der Waals surface area contributed by atoms with E-state index < -0.39 is 0 Å². The summed E-state index contributed by atoms with van der Waals surface area (Å²) in [5.74, 6) is 0. The van der Waals surface area contributed by atoms with E-state index in [2.05, 4.69) is 33.3 Å². The molecule has 0 aliphatic heterocycles. The van der Waals surface area contributed by atoms with Crippen molar-refractivity contribution in [1.82, 2.24) is 20.3 Å². The van der Waals surface area contributed by atoms with Crippen LogP contribution in [0.25, 0.3) is 0 Å². The lowest BCUT2D eigenvalue weighted by Crippen LogP contribution is -2.20. The molecule has 2 rings (SSSR count). The maximum absolute atomic E-state index is 3.96. The van der Waals surface area contributed by atoms with E-state index in [1.807, 2.05) is 14.1 Å². The zero-order chi connectivity index (χ0) is 10.8. The minimum atomic E-state index is 0.177. The Morgan fingerprint density at radius 2 is 2.27 bits per heavy atom. The van der Waals surface area contributed by atoms with Gasteiger partial charge in [-0.1, -0.05) is 5.21 Å². The summed E-state index contributed by atoms with van der Waals surface area (Å²) in [5.41, 5.74) is 3.69. The number of nitrogens with zero attached hydrogens (tertiary/aromatic N) is 3. The molecule has 0 aliphatic carbocycles. The third kappa shape index (κ3) is 1.80. The van der Waals surface area contributed by atoms with Gasteiger partial charge in [0.05, 0.1) is 17.9 Å². The Morgan fingerprint density at radius 1 is 1.47 bits per heavy atom. The van der Waals surface area contributed by atoms with Crippen LogP contribution in [-0.4, -0.2) is 22.0 Å². The highest BCUT2D eigenvalue weighted by Gasteiger charge is 2.18. The molecule has 0 bridgehead atoms. The Labute approximate surface area is 92.9 Å². The number of hydrogen-bond donors (Lipinski definition) is 1. The molecule has 4 nitrogen and oxygen atoms in total. The molecule has 0 fully saturated rings. The normalized spacial score (nSPS) is 13.0. The molecule has 1 unspecified atom stereocenters. The molecule has 2 aromatic heterocycles. The van der Waals surface area contributed by atoms with Crippen molar-refractivity contribution < 1.29 is 0 Å². The first-order valence-electron chi connectivity index (χ1n) is 4.78. The molecule has 1 atom stereocenters. The van der Waals surface area contributed by atoms with Gasteiger partial charge in [0.1, 0.15) is 0 Å². The number of thiophene rings is 1. The lowest BCUT2D eigenvalue weighted by Gasteiger charge is -2.15. The fourth-order valence-electron chi connectivity index (χ4n) is 1.69. The van der Waals surface area contributed by atoms with Crippen LogP contribution < -0.4 is 5.32 Å². The topological polar surface area (TPSA) is 42.7 Å². The van der Waals surface area contributed by atoms with Crippen LogP contribution in [0.15, 0.2) is 17.0 Å². The Morgan fingerprint density at radius 3 is 2.73 bits per heavy atom. The summed E-state index contributed by atoms with van der Waals surface area (Å²) in [6.07, 6.45) is 1.80. The van der Waals surface area contributed by atoms with Crippen LogP contribution in [0.1, 0.15) is 22.9 Å². The van der Waals surface area contributed by atoms with Gasteiger partial charge < -0.3 is 5.32 Å². The van der Waals surface area contributed by atoms with E-state index in [-0.39, 0.29) is 6.04 Å². The van der Waals surface area contributed by atoms with E-state index in [4.69, 9.17) is 0 Å². The summed E-state index contributed by atoms with van der Waals surface area (Å²) in [6, 6.07) is 0.177. The van der Waals surface area contributed by atoms with Crippen LogP contribution in [0.3, 0.4) is 0 Å². The highest BCUT2D eigenvalue weighted by atomic mass is 32.1. The number of aromatic nitrogens is 3. The lowest BCUT2D eigenvalue weighted by atomic mass is 10.0. The summed E-state index contributed by atoms with van der Waals surface area (Å²) in [5, 5.41) is 15.5. The first-order chi connectivity index (χ1) is 7.24. The van der Waals surface area contributed by atoms with Crippen LogP contribution in [0.2, 0.25) is 0 Å². The number of aryl methyl sites for hydroxylation is 2. The Hall–Kier alpha value is -1.20. The van der Waals surface area contributed by atoms with E-state index in [0.29, 0.717) is 0 Å². The van der Waals surface area contributed by atoms with E-state index in [9.17, 15) is 0 Å². The predicted octanol–water partition coefficient (Wildman–Crippen LogP) is 1.49. The molecule has 2 aromatic rings. The maximum atomic E-state index is 3.96. The first-order valence-corrected chi connectivity index (χ1v) is 5.73. The molecule has 1 N–H and O–H groups in total. The molecule has 0 amide bonds. The van der Waals surface area contributed by atoms with Crippen molar-refractivity contribution in [2.75, 3.05) is 7.05 Å². The third-order valence-corrected chi connectivity index (χ3v) is 3.42. The largest absolute Gasteiger partial charge is 0.308 e. The van der Waals surface area contributed by atoms with Crippen LogP contribution in [0.5, 0.6) is 0 Å². The summed E-state index contributed by atoms with van der Waals surface area (Å²) >= 11 is 1.72. The number of hydrogen-bond acceptors (Lipinski definition) is 4. The van der Waals surface area contributed by atoms with Gasteiger partial charge in [-0.05, 0) is 35.9 Å². The van der Waals surface area contributed by atoms with Crippen LogP contribution in [-0.2, 0) is 7.05 Å². The maximum Gasteiger partial charge on any atom is 0.0798 e. The van der Waals surface area contributed by atoms with Crippen molar-refractivity contribution in [2.45, 2.75) is 13.0 Å². The van der Waals surface area contributed by atoms with Crippen molar-refractivity contribution in [1.29, 1.82) is 0 Å². The van der Waals surface area contributed by atoms with Gasteiger partial charge in [0.2, 0.25) is 0 Å². The quantitative estimate of drug-likeness (QED) is 0.855. The smallest absolute Gasteiger partial charge is 0.0798 e. The Balaban J connectivity index is 2.41. The minimum absolute atomic E-state index is 0.177. The Bertz CT molecular complexity index is 405. The van der Waals surface area contributed by atoms with Gasteiger partial charge in [-0.15, -0.1) is 5.10 Å². The SMILES string of the molecule is CNC(c1cscc1C)c1cnnn1C. The monoisotopic (exact) mass is 222 g/mol. The van der Waals surface area contributed by atoms with Gasteiger partial charge in [0.25, 0.3) is 0 Å². The van der Waals surface area contributed by atoms with Crippen LogP contribution in [0.4, 0.5) is 0 Å². The molecule has 15 heavy (non-hydrogen) atoms. The van der Waals surface area contributed by atoms with Crippen molar-refractivity contribution in [3.63, 3.8) is 0 Å². The van der Waals surface area contributed by atoms with Gasteiger partial charge in [-0.25, -0.2) is 0 Å². The molecule has 0 aliphatic rings. The van der Waals surface area contributed by atoms with E-state index in [1.165, 1.54) is 11.1 Å². The van der Waals surface area contributed by atoms with Crippen molar-refractivity contribution >= 4 is 11.3 Å². The molecular formula is C10H14N4S. The average molecular weight is 222 g/mol. The molecule has 80 valence electrons. The third-order valence-electron chi connectivity index (χ3n) is 2.54. The summed E-state index contributed by atoms with van der Waals surface area (Å²) < 4.78 is 1.80. The van der Waals surface area contributed by atoms with E-state index in [1.54, 1.807) is 22.2 Å². The van der Waals surface area contributed by atoms with Gasteiger partial charge in [0.15, 0.2) is 0 Å². The summed E-state index contributed by atoms with van der Waals surface area (Å²) in [6.45, 7) is 2.12. The highest BCUT2D eigenvalue weighted by Crippen LogP contribution is 2.26. The molecule has 0 saturated carbocycles.